The van der Waals surface area contributed by atoms with Crippen molar-refractivity contribution in [3.8, 4) is 12.3 Å². The maximum absolute atomic E-state index is 5.66. The molecule has 1 aliphatic heterocycles. The lowest BCUT2D eigenvalue weighted by Crippen LogP contribution is -2.60. The topological polar surface area (TPSA) is 41.3 Å². The number of likely N-dealkylation sites (tertiary alicyclic amines) is 1. The van der Waals surface area contributed by atoms with Crippen LogP contribution >= 0.6 is 0 Å². The fraction of sp³-hybridized carbons (Fsp3) is 0.846. The van der Waals surface area contributed by atoms with Crippen LogP contribution in [-0.2, 0) is 0 Å². The van der Waals surface area contributed by atoms with Gasteiger partial charge in [0.15, 0.2) is 0 Å². The summed E-state index contributed by atoms with van der Waals surface area (Å²) in [6.45, 7) is 6.89. The number of piperidine rings is 1. The maximum atomic E-state index is 5.66. The van der Waals surface area contributed by atoms with E-state index in [-0.39, 0.29) is 11.6 Å². The van der Waals surface area contributed by atoms with Crippen molar-refractivity contribution >= 4 is 0 Å². The van der Waals surface area contributed by atoms with Gasteiger partial charge in [0.25, 0.3) is 0 Å². The predicted molar refractivity (Wildman–Crippen MR) is 68.7 cm³/mol. The Bertz CT molecular complexity index is 236. The Hall–Kier alpha value is -0.560. The van der Waals surface area contributed by atoms with Crippen LogP contribution in [0.1, 0.15) is 46.0 Å². The number of hydrogen-bond donors (Lipinski definition) is 2. The van der Waals surface area contributed by atoms with Gasteiger partial charge in [0.1, 0.15) is 0 Å². The summed E-state index contributed by atoms with van der Waals surface area (Å²) in [7, 11) is 0. The van der Waals surface area contributed by atoms with Crippen molar-refractivity contribution in [3.05, 3.63) is 0 Å². The quantitative estimate of drug-likeness (QED) is 0.421. The van der Waals surface area contributed by atoms with Crippen molar-refractivity contribution in [2.24, 2.45) is 5.84 Å². The molecule has 0 aromatic rings. The van der Waals surface area contributed by atoms with Crippen LogP contribution in [0.4, 0.5) is 0 Å². The van der Waals surface area contributed by atoms with Crippen LogP contribution in [0.15, 0.2) is 0 Å². The average molecular weight is 223 g/mol. The van der Waals surface area contributed by atoms with Crippen LogP contribution in [0, 0.1) is 12.3 Å². The normalized spacial score (nSPS) is 20.4. The van der Waals surface area contributed by atoms with Gasteiger partial charge >= 0.3 is 0 Å². The number of nitrogens with one attached hydrogen (secondary N) is 1. The number of rotatable bonds is 5. The molecule has 1 heterocycles. The van der Waals surface area contributed by atoms with Crippen molar-refractivity contribution in [3.63, 3.8) is 0 Å². The van der Waals surface area contributed by atoms with Gasteiger partial charge in [-0.1, -0.05) is 6.42 Å². The van der Waals surface area contributed by atoms with Crippen molar-refractivity contribution in [1.29, 1.82) is 0 Å². The third-order valence-corrected chi connectivity index (χ3v) is 3.80. The molecule has 92 valence electrons. The van der Waals surface area contributed by atoms with E-state index in [2.05, 4.69) is 30.1 Å². The van der Waals surface area contributed by atoms with E-state index >= 15 is 0 Å². The van der Waals surface area contributed by atoms with Crippen molar-refractivity contribution in [2.75, 3.05) is 13.1 Å². The van der Waals surface area contributed by atoms with E-state index in [4.69, 9.17) is 12.3 Å². The van der Waals surface area contributed by atoms with Gasteiger partial charge in [-0.05, 0) is 46.2 Å². The van der Waals surface area contributed by atoms with Crippen molar-refractivity contribution < 1.29 is 0 Å². The Balaban J connectivity index is 2.60. The van der Waals surface area contributed by atoms with Crippen molar-refractivity contribution in [2.45, 2.75) is 57.5 Å². The largest absolute Gasteiger partial charge is 0.297 e. The fourth-order valence-corrected chi connectivity index (χ4v) is 2.56. The zero-order chi connectivity index (χ0) is 12.0. The Morgan fingerprint density at radius 2 is 2.00 bits per heavy atom. The predicted octanol–water partition coefficient (Wildman–Crippen LogP) is 1.50. The van der Waals surface area contributed by atoms with E-state index in [0.717, 1.165) is 12.8 Å². The van der Waals surface area contributed by atoms with Crippen LogP contribution in [0.5, 0.6) is 0 Å². The molecule has 0 aromatic carbocycles. The van der Waals surface area contributed by atoms with Crippen LogP contribution < -0.4 is 11.3 Å². The van der Waals surface area contributed by atoms with Crippen LogP contribution in [0.3, 0.4) is 0 Å². The molecule has 16 heavy (non-hydrogen) atoms. The third-order valence-electron chi connectivity index (χ3n) is 3.80. The lowest BCUT2D eigenvalue weighted by atomic mass is 9.88. The molecule has 3 heteroatoms. The second-order valence-corrected chi connectivity index (χ2v) is 5.16. The molecule has 1 aliphatic rings. The Morgan fingerprint density at radius 3 is 2.50 bits per heavy atom. The number of nitrogens with zero attached hydrogens (tertiary/aromatic N) is 1. The molecule has 1 fully saturated rings. The molecule has 3 nitrogen and oxygen atoms in total. The Morgan fingerprint density at radius 1 is 1.38 bits per heavy atom. The summed E-state index contributed by atoms with van der Waals surface area (Å²) in [5.41, 5.74) is 3.03. The highest BCUT2D eigenvalue weighted by atomic mass is 15.3. The zero-order valence-corrected chi connectivity index (χ0v) is 10.6. The van der Waals surface area contributed by atoms with Crippen LogP contribution in [-0.4, -0.2) is 29.6 Å². The van der Waals surface area contributed by atoms with Gasteiger partial charge in [-0.3, -0.25) is 16.2 Å². The lowest BCUT2D eigenvalue weighted by Gasteiger charge is -2.45. The molecule has 1 atom stereocenters. The average Bonchev–Trinajstić information content (AvgIpc) is 2.31. The van der Waals surface area contributed by atoms with Crippen LogP contribution in [0.2, 0.25) is 0 Å². The highest BCUT2D eigenvalue weighted by Crippen LogP contribution is 2.25. The van der Waals surface area contributed by atoms with Gasteiger partial charge in [-0.25, -0.2) is 0 Å². The van der Waals surface area contributed by atoms with E-state index in [9.17, 15) is 0 Å². The monoisotopic (exact) mass is 223 g/mol. The van der Waals surface area contributed by atoms with E-state index in [1.807, 2.05) is 0 Å². The van der Waals surface area contributed by atoms with Gasteiger partial charge in [-0.15, -0.1) is 12.3 Å². The zero-order valence-electron chi connectivity index (χ0n) is 10.6. The molecule has 0 bridgehead atoms. The first kappa shape index (κ1) is 13.5. The van der Waals surface area contributed by atoms with E-state index < -0.39 is 0 Å². The van der Waals surface area contributed by atoms with E-state index in [1.54, 1.807) is 0 Å². The minimum absolute atomic E-state index is 0.0893. The molecule has 1 rings (SSSR count). The molecule has 1 unspecified atom stereocenters. The van der Waals surface area contributed by atoms with Crippen LogP contribution in [0.25, 0.3) is 0 Å². The Labute approximate surface area is 99.7 Å². The summed E-state index contributed by atoms with van der Waals surface area (Å²) < 4.78 is 0. The number of nitrogens with two attached hydrogens (primary N) is 1. The molecule has 0 radical (unpaired) electrons. The van der Waals surface area contributed by atoms with Crippen molar-refractivity contribution in [1.82, 2.24) is 10.3 Å². The van der Waals surface area contributed by atoms with Gasteiger partial charge < -0.3 is 0 Å². The minimum atomic E-state index is 0.0893. The molecular weight excluding hydrogens is 198 g/mol. The SMILES string of the molecule is C#CCCC(NN)C(C)(C)N1CCCCC1. The van der Waals surface area contributed by atoms with Gasteiger partial charge in [0.05, 0.1) is 0 Å². The first-order valence-corrected chi connectivity index (χ1v) is 6.27. The molecular formula is C13H25N3. The smallest absolute Gasteiger partial charge is 0.0398 e. The summed E-state index contributed by atoms with van der Waals surface area (Å²) in [6, 6.07) is 0.265. The molecule has 0 aliphatic carbocycles. The van der Waals surface area contributed by atoms with Gasteiger partial charge in [-0.2, -0.15) is 0 Å². The molecule has 0 amide bonds. The molecule has 0 aromatic heterocycles. The number of terminal acetylenes is 1. The molecule has 0 saturated carbocycles. The summed E-state index contributed by atoms with van der Waals surface area (Å²) in [5, 5.41) is 0. The summed E-state index contributed by atoms with van der Waals surface area (Å²) in [5.74, 6) is 8.35. The first-order valence-electron chi connectivity index (χ1n) is 6.27. The second-order valence-electron chi connectivity index (χ2n) is 5.16. The highest BCUT2D eigenvalue weighted by molar-refractivity contribution is 4.96. The summed E-state index contributed by atoms with van der Waals surface area (Å²) in [6.07, 6.45) is 11.0. The maximum Gasteiger partial charge on any atom is 0.0398 e. The molecule has 3 N–H and O–H groups in total. The first-order chi connectivity index (χ1) is 7.62. The molecule has 1 saturated heterocycles. The summed E-state index contributed by atoms with van der Waals surface area (Å²) in [4.78, 5) is 2.54. The number of hydrogen-bond acceptors (Lipinski definition) is 3. The van der Waals surface area contributed by atoms with Gasteiger partial charge in [0.2, 0.25) is 0 Å². The highest BCUT2D eigenvalue weighted by Gasteiger charge is 2.34. The Kier molecular flexibility index (Phi) is 5.27. The third kappa shape index (κ3) is 3.21. The summed E-state index contributed by atoms with van der Waals surface area (Å²) >= 11 is 0. The standard InChI is InChI=1S/C13H25N3/c1-4-5-9-12(15-14)13(2,3)16-10-7-6-8-11-16/h1,12,15H,5-11,14H2,2-3H3. The molecule has 0 spiro atoms. The fourth-order valence-electron chi connectivity index (χ4n) is 2.56. The van der Waals surface area contributed by atoms with Gasteiger partial charge in [0, 0.05) is 18.0 Å². The number of hydrazine groups is 1. The second kappa shape index (κ2) is 6.24. The minimum Gasteiger partial charge on any atom is -0.297 e. The van der Waals surface area contributed by atoms with E-state index in [0.29, 0.717) is 0 Å². The van der Waals surface area contributed by atoms with E-state index in [1.165, 1.54) is 32.4 Å². The lowest BCUT2D eigenvalue weighted by molar-refractivity contribution is 0.0587.